The Hall–Kier alpha value is -2.38. The van der Waals surface area contributed by atoms with Gasteiger partial charge in [0.15, 0.2) is 11.5 Å². The highest BCUT2D eigenvalue weighted by Gasteiger charge is 2.14. The maximum absolute atomic E-state index is 10.6. The molecule has 0 atom stereocenters. The van der Waals surface area contributed by atoms with Crippen molar-refractivity contribution in [3.8, 4) is 11.5 Å². The molecule has 0 saturated carbocycles. The van der Waals surface area contributed by atoms with E-state index in [1.807, 2.05) is 0 Å². The van der Waals surface area contributed by atoms with Crippen LogP contribution in [0.1, 0.15) is 11.1 Å². The first-order chi connectivity index (χ1) is 10.9. The van der Waals surface area contributed by atoms with Crippen molar-refractivity contribution < 1.29 is 14.4 Å². The molecule has 0 amide bonds. The molecule has 8 heteroatoms. The Morgan fingerprint density at radius 2 is 2.00 bits per heavy atom. The van der Waals surface area contributed by atoms with Crippen LogP contribution in [0.15, 0.2) is 36.4 Å². The SMILES string of the molecule is COc1cc(C(N)=S)cc(Cl)c1OCc1ccc([N+](=O)[O-])cc1. The average Bonchev–Trinajstić information content (AvgIpc) is 2.53. The number of non-ortho nitro benzene ring substituents is 1. The second-order valence-corrected chi connectivity index (χ2v) is 5.41. The summed E-state index contributed by atoms with van der Waals surface area (Å²) >= 11 is 11.1. The van der Waals surface area contributed by atoms with Crippen LogP contribution in [-0.4, -0.2) is 17.0 Å². The van der Waals surface area contributed by atoms with Crippen molar-refractivity contribution in [3.63, 3.8) is 0 Å². The molecule has 0 spiro atoms. The first-order valence-electron chi connectivity index (χ1n) is 6.46. The van der Waals surface area contributed by atoms with Crippen LogP contribution in [0.2, 0.25) is 5.02 Å². The van der Waals surface area contributed by atoms with E-state index in [2.05, 4.69) is 0 Å². The second kappa shape index (κ2) is 7.26. The summed E-state index contributed by atoms with van der Waals surface area (Å²) in [5.41, 5.74) is 6.93. The van der Waals surface area contributed by atoms with Crippen LogP contribution in [0, 0.1) is 10.1 Å². The van der Waals surface area contributed by atoms with Gasteiger partial charge in [-0.25, -0.2) is 0 Å². The zero-order chi connectivity index (χ0) is 17.0. The minimum Gasteiger partial charge on any atom is -0.493 e. The van der Waals surface area contributed by atoms with Gasteiger partial charge in [-0.15, -0.1) is 0 Å². The van der Waals surface area contributed by atoms with Gasteiger partial charge < -0.3 is 15.2 Å². The minimum absolute atomic E-state index is 0.0187. The molecule has 0 fully saturated rings. The molecule has 2 aromatic rings. The summed E-state index contributed by atoms with van der Waals surface area (Å²) in [6.45, 7) is 0.181. The fraction of sp³-hybridized carbons (Fsp3) is 0.133. The fourth-order valence-electron chi connectivity index (χ4n) is 1.87. The third-order valence-corrected chi connectivity index (χ3v) is 3.56. The predicted molar refractivity (Wildman–Crippen MR) is 91.3 cm³/mol. The normalized spacial score (nSPS) is 10.2. The predicted octanol–water partition coefficient (Wildman–Crippen LogP) is 3.47. The Labute approximate surface area is 142 Å². The van der Waals surface area contributed by atoms with Crippen molar-refractivity contribution in [2.45, 2.75) is 6.61 Å². The summed E-state index contributed by atoms with van der Waals surface area (Å²) in [6.07, 6.45) is 0. The number of methoxy groups -OCH3 is 1. The molecule has 120 valence electrons. The van der Waals surface area contributed by atoms with Crippen LogP contribution >= 0.6 is 23.8 Å². The zero-order valence-corrected chi connectivity index (χ0v) is 13.7. The number of nitro groups is 1. The lowest BCUT2D eigenvalue weighted by Crippen LogP contribution is -2.10. The average molecular weight is 353 g/mol. The summed E-state index contributed by atoms with van der Waals surface area (Å²) in [4.78, 5) is 10.4. The van der Waals surface area contributed by atoms with Gasteiger partial charge in [0.2, 0.25) is 0 Å². The molecule has 0 radical (unpaired) electrons. The summed E-state index contributed by atoms with van der Waals surface area (Å²) in [6, 6.07) is 9.28. The standard InChI is InChI=1S/C15H13ClN2O4S/c1-21-13-7-10(15(17)23)6-12(16)14(13)22-8-9-2-4-11(5-3-9)18(19)20/h2-7H,8H2,1H3,(H2,17,23). The number of rotatable bonds is 6. The number of hydrogen-bond donors (Lipinski definition) is 1. The van der Waals surface area contributed by atoms with Gasteiger partial charge in [-0.1, -0.05) is 23.8 Å². The molecule has 0 saturated heterocycles. The van der Waals surface area contributed by atoms with Gasteiger partial charge in [-0.3, -0.25) is 10.1 Å². The molecular weight excluding hydrogens is 340 g/mol. The van der Waals surface area contributed by atoms with E-state index in [1.54, 1.807) is 24.3 Å². The van der Waals surface area contributed by atoms with E-state index < -0.39 is 4.92 Å². The first-order valence-corrected chi connectivity index (χ1v) is 7.24. The Balaban J connectivity index is 2.19. The Morgan fingerprint density at radius 3 is 2.52 bits per heavy atom. The summed E-state index contributed by atoms with van der Waals surface area (Å²) in [5, 5.41) is 10.9. The number of halogens is 1. The second-order valence-electron chi connectivity index (χ2n) is 4.57. The Morgan fingerprint density at radius 1 is 1.35 bits per heavy atom. The van der Waals surface area contributed by atoms with Crippen LogP contribution in [0.25, 0.3) is 0 Å². The highest BCUT2D eigenvalue weighted by Crippen LogP contribution is 2.37. The van der Waals surface area contributed by atoms with Crippen LogP contribution < -0.4 is 15.2 Å². The van der Waals surface area contributed by atoms with Crippen molar-refractivity contribution in [1.82, 2.24) is 0 Å². The lowest BCUT2D eigenvalue weighted by Gasteiger charge is -2.14. The zero-order valence-electron chi connectivity index (χ0n) is 12.1. The van der Waals surface area contributed by atoms with Gasteiger partial charge in [0.1, 0.15) is 11.6 Å². The van der Waals surface area contributed by atoms with Crippen LogP contribution in [0.5, 0.6) is 11.5 Å². The van der Waals surface area contributed by atoms with E-state index in [9.17, 15) is 10.1 Å². The number of nitrogens with zero attached hydrogens (tertiary/aromatic N) is 1. The third kappa shape index (κ3) is 4.08. The third-order valence-electron chi connectivity index (χ3n) is 3.04. The number of hydrogen-bond acceptors (Lipinski definition) is 5. The number of benzene rings is 2. The quantitative estimate of drug-likeness (QED) is 0.486. The molecule has 0 bridgehead atoms. The van der Waals surface area contributed by atoms with Gasteiger partial charge in [-0.05, 0) is 29.8 Å². The molecule has 0 aliphatic carbocycles. The molecule has 23 heavy (non-hydrogen) atoms. The summed E-state index contributed by atoms with van der Waals surface area (Å²) in [7, 11) is 1.48. The van der Waals surface area contributed by atoms with Gasteiger partial charge in [0.25, 0.3) is 5.69 Å². The monoisotopic (exact) mass is 352 g/mol. The fourth-order valence-corrected chi connectivity index (χ4v) is 2.25. The molecule has 0 heterocycles. The number of ether oxygens (including phenoxy) is 2. The highest BCUT2D eigenvalue weighted by atomic mass is 35.5. The molecule has 2 rings (SSSR count). The van der Waals surface area contributed by atoms with Crippen LogP contribution in [0.3, 0.4) is 0 Å². The van der Waals surface area contributed by atoms with E-state index in [1.165, 1.54) is 19.2 Å². The van der Waals surface area contributed by atoms with Crippen LogP contribution in [0.4, 0.5) is 5.69 Å². The van der Waals surface area contributed by atoms with Crippen molar-refractivity contribution in [2.24, 2.45) is 5.73 Å². The van der Waals surface area contributed by atoms with E-state index >= 15 is 0 Å². The first kappa shape index (κ1) is 17.0. The Kier molecular flexibility index (Phi) is 5.36. The largest absolute Gasteiger partial charge is 0.493 e. The van der Waals surface area contributed by atoms with Gasteiger partial charge >= 0.3 is 0 Å². The highest BCUT2D eigenvalue weighted by molar-refractivity contribution is 7.80. The topological polar surface area (TPSA) is 87.6 Å². The number of nitro benzene ring substituents is 1. The molecule has 0 aromatic heterocycles. The minimum atomic E-state index is -0.459. The van der Waals surface area contributed by atoms with Crippen LogP contribution in [-0.2, 0) is 6.61 Å². The lowest BCUT2D eigenvalue weighted by atomic mass is 10.2. The van der Waals surface area contributed by atoms with Crippen molar-refractivity contribution >= 4 is 34.5 Å². The van der Waals surface area contributed by atoms with Crippen molar-refractivity contribution in [3.05, 3.63) is 62.7 Å². The molecule has 6 nitrogen and oxygen atoms in total. The summed E-state index contributed by atoms with van der Waals surface area (Å²) in [5.74, 6) is 0.759. The van der Waals surface area contributed by atoms with Crippen molar-refractivity contribution in [2.75, 3.05) is 7.11 Å². The number of nitrogens with two attached hydrogens (primary N) is 1. The van der Waals surface area contributed by atoms with Crippen molar-refractivity contribution in [1.29, 1.82) is 0 Å². The maximum Gasteiger partial charge on any atom is 0.269 e. The van der Waals surface area contributed by atoms with E-state index in [4.69, 9.17) is 39.0 Å². The lowest BCUT2D eigenvalue weighted by molar-refractivity contribution is -0.384. The molecule has 0 aliphatic heterocycles. The van der Waals surface area contributed by atoms with E-state index in [0.29, 0.717) is 22.1 Å². The van der Waals surface area contributed by atoms with E-state index in [0.717, 1.165) is 5.56 Å². The molecular formula is C15H13ClN2O4S. The smallest absolute Gasteiger partial charge is 0.269 e. The number of thiocarbonyl (C=S) groups is 1. The Bertz CT molecular complexity index is 750. The maximum atomic E-state index is 10.6. The van der Waals surface area contributed by atoms with Gasteiger partial charge in [0.05, 0.1) is 17.1 Å². The molecule has 0 unspecified atom stereocenters. The van der Waals surface area contributed by atoms with Gasteiger partial charge in [-0.2, -0.15) is 0 Å². The van der Waals surface area contributed by atoms with Gasteiger partial charge in [0, 0.05) is 17.7 Å². The molecule has 2 aromatic carbocycles. The van der Waals surface area contributed by atoms with E-state index in [-0.39, 0.29) is 17.3 Å². The molecule has 2 N–H and O–H groups in total. The summed E-state index contributed by atoms with van der Waals surface area (Å²) < 4.78 is 10.9. The molecule has 0 aliphatic rings.